The highest BCUT2D eigenvalue weighted by Crippen LogP contribution is 2.45. The van der Waals surface area contributed by atoms with Crippen molar-refractivity contribution in [1.82, 2.24) is 0 Å². The van der Waals surface area contributed by atoms with Gasteiger partial charge in [-0.25, -0.2) is 4.79 Å². The molecule has 3 unspecified atom stereocenters. The van der Waals surface area contributed by atoms with Gasteiger partial charge in [0.2, 0.25) is 11.8 Å². The molecule has 2 aromatic carbocycles. The van der Waals surface area contributed by atoms with E-state index in [1.807, 2.05) is 18.2 Å². The Labute approximate surface area is 183 Å². The number of fused-ring (bicyclic) bond motifs is 1. The lowest BCUT2D eigenvalue weighted by Crippen LogP contribution is -2.30. The van der Waals surface area contributed by atoms with Crippen molar-refractivity contribution in [2.75, 3.05) is 11.5 Å². The van der Waals surface area contributed by atoms with Crippen molar-refractivity contribution < 1.29 is 19.1 Å². The third-order valence-electron chi connectivity index (χ3n) is 6.54. The highest BCUT2D eigenvalue weighted by atomic mass is 16.5. The number of ether oxygens (including phenoxy) is 1. The first-order chi connectivity index (χ1) is 15.1. The number of unbranched alkanes of at least 4 members (excludes halogenated alkanes) is 2. The second-order valence-electron chi connectivity index (χ2n) is 8.54. The highest BCUT2D eigenvalue weighted by Gasteiger charge is 2.50. The van der Waals surface area contributed by atoms with Gasteiger partial charge in [-0.2, -0.15) is 0 Å². The predicted octanol–water partition coefficient (Wildman–Crippen LogP) is 5.11. The van der Waals surface area contributed by atoms with Crippen molar-refractivity contribution in [3.05, 3.63) is 65.7 Å². The first kappa shape index (κ1) is 21.3. The maximum atomic E-state index is 13.2. The topological polar surface area (TPSA) is 63.7 Å². The Morgan fingerprint density at radius 3 is 2.35 bits per heavy atom. The van der Waals surface area contributed by atoms with Crippen molar-refractivity contribution in [2.24, 2.45) is 11.8 Å². The summed E-state index contributed by atoms with van der Waals surface area (Å²) in [5.41, 5.74) is 2.20. The zero-order valence-electron chi connectivity index (χ0n) is 18.0. The number of carbonyl (C=O) groups excluding carboxylic acids is 3. The number of anilines is 1. The van der Waals surface area contributed by atoms with Crippen LogP contribution >= 0.6 is 0 Å². The molecule has 5 nitrogen and oxygen atoms in total. The van der Waals surface area contributed by atoms with Crippen LogP contribution in [0.1, 0.15) is 67.3 Å². The molecule has 162 valence electrons. The number of amides is 2. The van der Waals surface area contributed by atoms with Gasteiger partial charge < -0.3 is 4.74 Å². The van der Waals surface area contributed by atoms with E-state index in [0.29, 0.717) is 30.2 Å². The summed E-state index contributed by atoms with van der Waals surface area (Å²) in [5, 5.41) is 0. The predicted molar refractivity (Wildman–Crippen MR) is 119 cm³/mol. The molecule has 2 amide bonds. The lowest BCUT2D eigenvalue weighted by atomic mass is 9.73. The van der Waals surface area contributed by atoms with Crippen molar-refractivity contribution in [3.8, 4) is 0 Å². The Bertz CT molecular complexity index is 938. The first-order valence-electron chi connectivity index (χ1n) is 11.3. The summed E-state index contributed by atoms with van der Waals surface area (Å²) in [5.74, 6) is -0.808. The largest absolute Gasteiger partial charge is 0.462 e. The van der Waals surface area contributed by atoms with E-state index < -0.39 is 0 Å². The number of rotatable bonds is 7. The number of hydrogen-bond donors (Lipinski definition) is 0. The third-order valence-corrected chi connectivity index (χ3v) is 6.54. The van der Waals surface area contributed by atoms with Crippen molar-refractivity contribution in [2.45, 2.75) is 51.4 Å². The number of imide groups is 1. The van der Waals surface area contributed by atoms with Crippen LogP contribution in [0.25, 0.3) is 0 Å². The van der Waals surface area contributed by atoms with Gasteiger partial charge in [-0.15, -0.1) is 0 Å². The fourth-order valence-electron chi connectivity index (χ4n) is 4.81. The minimum atomic E-state index is -0.374. The number of hydrogen-bond acceptors (Lipinski definition) is 4. The summed E-state index contributed by atoms with van der Waals surface area (Å²) in [6.45, 7) is 2.50. The molecule has 2 aliphatic rings. The van der Waals surface area contributed by atoms with Crippen molar-refractivity contribution in [1.29, 1.82) is 0 Å². The molecule has 1 heterocycles. The van der Waals surface area contributed by atoms with Crippen LogP contribution in [-0.4, -0.2) is 24.4 Å². The van der Waals surface area contributed by atoms with Crippen LogP contribution in [-0.2, 0) is 14.3 Å². The van der Waals surface area contributed by atoms with Gasteiger partial charge in [0.1, 0.15) is 0 Å². The minimum Gasteiger partial charge on any atom is -0.462 e. The second-order valence-corrected chi connectivity index (χ2v) is 8.54. The summed E-state index contributed by atoms with van der Waals surface area (Å²) in [7, 11) is 0. The van der Waals surface area contributed by atoms with E-state index in [-0.39, 0.29) is 29.6 Å². The van der Waals surface area contributed by atoms with E-state index in [0.717, 1.165) is 32.1 Å². The fraction of sp³-hybridized carbons (Fsp3) is 0.423. The van der Waals surface area contributed by atoms with E-state index in [9.17, 15) is 14.4 Å². The maximum Gasteiger partial charge on any atom is 0.338 e. The van der Waals surface area contributed by atoms with Crippen LogP contribution in [0.15, 0.2) is 54.6 Å². The van der Waals surface area contributed by atoms with Crippen LogP contribution in [0.5, 0.6) is 0 Å². The molecule has 1 aliphatic carbocycles. The van der Waals surface area contributed by atoms with E-state index in [4.69, 9.17) is 4.74 Å². The van der Waals surface area contributed by atoms with E-state index in [1.165, 1.54) is 10.5 Å². The van der Waals surface area contributed by atoms with Gasteiger partial charge in [-0.05, 0) is 61.4 Å². The standard InChI is InChI=1S/C26H29NO4/c1-2-3-7-16-31-26(30)19-10-13-21(14-11-19)27-24(28)22-15-12-20(17-23(22)25(27)29)18-8-5-4-6-9-18/h4-6,8-11,13-14,20,22-23H,2-3,7,12,15-17H2,1H3. The molecule has 1 saturated carbocycles. The molecule has 4 rings (SSSR count). The summed E-state index contributed by atoms with van der Waals surface area (Å²) in [4.78, 5) is 39.7. The second kappa shape index (κ2) is 9.46. The molecule has 0 radical (unpaired) electrons. The average molecular weight is 420 g/mol. The molecule has 3 atom stereocenters. The van der Waals surface area contributed by atoms with Crippen molar-refractivity contribution in [3.63, 3.8) is 0 Å². The van der Waals surface area contributed by atoms with Crippen LogP contribution in [0, 0.1) is 11.8 Å². The quantitative estimate of drug-likeness (QED) is 0.356. The summed E-state index contributed by atoms with van der Waals surface area (Å²) < 4.78 is 5.28. The molecular formula is C26H29NO4. The third kappa shape index (κ3) is 4.41. The van der Waals surface area contributed by atoms with Crippen LogP contribution in [0.3, 0.4) is 0 Å². The van der Waals surface area contributed by atoms with Crippen LogP contribution < -0.4 is 4.90 Å². The Morgan fingerprint density at radius 2 is 1.65 bits per heavy atom. The van der Waals surface area contributed by atoms with Crippen molar-refractivity contribution >= 4 is 23.5 Å². The monoisotopic (exact) mass is 419 g/mol. The molecular weight excluding hydrogens is 390 g/mol. The lowest BCUT2D eigenvalue weighted by molar-refractivity contribution is -0.122. The molecule has 0 N–H and O–H groups in total. The molecule has 1 saturated heterocycles. The Balaban J connectivity index is 1.44. The first-order valence-corrected chi connectivity index (χ1v) is 11.3. The van der Waals surface area contributed by atoms with Gasteiger partial charge in [-0.1, -0.05) is 50.1 Å². The molecule has 0 spiro atoms. The van der Waals surface area contributed by atoms with Gasteiger partial charge in [0.25, 0.3) is 0 Å². The molecule has 2 fully saturated rings. The van der Waals surface area contributed by atoms with Gasteiger partial charge in [0, 0.05) is 0 Å². The SMILES string of the molecule is CCCCCOC(=O)c1ccc(N2C(=O)C3CCC(c4ccccc4)CC3C2=O)cc1. The van der Waals surface area contributed by atoms with Crippen LogP contribution in [0.2, 0.25) is 0 Å². The molecule has 0 bridgehead atoms. The molecule has 31 heavy (non-hydrogen) atoms. The normalized spacial score (nSPS) is 23.0. The summed E-state index contributed by atoms with van der Waals surface area (Å²) in [6, 6.07) is 16.8. The molecule has 5 heteroatoms. The van der Waals surface area contributed by atoms with Gasteiger partial charge in [0.15, 0.2) is 0 Å². The Morgan fingerprint density at radius 1 is 0.935 bits per heavy atom. The summed E-state index contributed by atoms with van der Waals surface area (Å²) in [6.07, 6.45) is 5.30. The maximum absolute atomic E-state index is 13.2. The number of benzene rings is 2. The van der Waals surface area contributed by atoms with Crippen LogP contribution in [0.4, 0.5) is 5.69 Å². The summed E-state index contributed by atoms with van der Waals surface area (Å²) >= 11 is 0. The average Bonchev–Trinajstić information content (AvgIpc) is 3.06. The van der Waals surface area contributed by atoms with Gasteiger partial charge >= 0.3 is 5.97 Å². The van der Waals surface area contributed by atoms with E-state index in [2.05, 4.69) is 19.1 Å². The van der Waals surface area contributed by atoms with E-state index in [1.54, 1.807) is 24.3 Å². The number of nitrogens with zero attached hydrogens (tertiary/aromatic N) is 1. The number of esters is 1. The smallest absolute Gasteiger partial charge is 0.338 e. The fourth-order valence-corrected chi connectivity index (χ4v) is 4.81. The molecule has 0 aromatic heterocycles. The zero-order chi connectivity index (χ0) is 21.8. The Kier molecular flexibility index (Phi) is 6.50. The zero-order valence-corrected chi connectivity index (χ0v) is 18.0. The van der Waals surface area contributed by atoms with E-state index >= 15 is 0 Å². The molecule has 2 aromatic rings. The highest BCUT2D eigenvalue weighted by molar-refractivity contribution is 6.22. The van der Waals surface area contributed by atoms with Gasteiger partial charge in [0.05, 0.1) is 29.7 Å². The Hall–Kier alpha value is -2.95. The van der Waals surface area contributed by atoms with Gasteiger partial charge in [-0.3, -0.25) is 14.5 Å². The number of carbonyl (C=O) groups is 3. The minimum absolute atomic E-state index is 0.114. The molecule has 1 aliphatic heterocycles. The lowest BCUT2D eigenvalue weighted by Gasteiger charge is -2.28.